The maximum Gasteiger partial charge on any atom is 0.101 e. The van der Waals surface area contributed by atoms with Crippen molar-refractivity contribution in [1.82, 2.24) is 0 Å². The van der Waals surface area contributed by atoms with Crippen LogP contribution < -0.4 is 5.32 Å². The summed E-state index contributed by atoms with van der Waals surface area (Å²) in [6.07, 6.45) is 0. The van der Waals surface area contributed by atoms with Gasteiger partial charge in [0, 0.05) is 6.54 Å². The molecule has 1 aromatic carbocycles. The summed E-state index contributed by atoms with van der Waals surface area (Å²) in [6, 6.07) is 7.65. The fraction of sp³-hybridized carbons (Fsp3) is 0.300. The zero-order valence-electron chi connectivity index (χ0n) is 7.54. The van der Waals surface area contributed by atoms with E-state index >= 15 is 0 Å². The van der Waals surface area contributed by atoms with Gasteiger partial charge in [0.05, 0.1) is 17.9 Å². The van der Waals surface area contributed by atoms with Crippen LogP contribution in [0.15, 0.2) is 18.2 Å². The monoisotopic (exact) mass is 176 g/mol. The van der Waals surface area contributed by atoms with Crippen LogP contribution in [0.4, 0.5) is 5.69 Å². The topological polar surface area (TPSA) is 56.0 Å². The van der Waals surface area contributed by atoms with Crippen LogP contribution in [0.25, 0.3) is 0 Å². The molecule has 0 atom stereocenters. The molecule has 0 spiro atoms. The largest absolute Gasteiger partial charge is 0.395 e. The van der Waals surface area contributed by atoms with Crippen molar-refractivity contribution >= 4 is 5.69 Å². The van der Waals surface area contributed by atoms with E-state index in [0.29, 0.717) is 12.1 Å². The molecule has 0 aliphatic heterocycles. The predicted molar refractivity (Wildman–Crippen MR) is 51.5 cm³/mol. The fourth-order valence-corrected chi connectivity index (χ4v) is 1.09. The summed E-state index contributed by atoms with van der Waals surface area (Å²) >= 11 is 0. The average molecular weight is 176 g/mol. The number of nitrogens with one attached hydrogen (secondary N) is 1. The van der Waals surface area contributed by atoms with E-state index in [2.05, 4.69) is 11.4 Å². The van der Waals surface area contributed by atoms with Crippen molar-refractivity contribution in [3.05, 3.63) is 29.3 Å². The van der Waals surface area contributed by atoms with Crippen LogP contribution in [0.3, 0.4) is 0 Å². The van der Waals surface area contributed by atoms with Gasteiger partial charge in [-0.3, -0.25) is 0 Å². The predicted octanol–water partition coefficient (Wildman–Crippen LogP) is 1.27. The number of aliphatic hydroxyl groups is 1. The number of benzene rings is 1. The number of hydrogen-bond donors (Lipinski definition) is 2. The lowest BCUT2D eigenvalue weighted by Gasteiger charge is -2.06. The van der Waals surface area contributed by atoms with E-state index in [1.807, 2.05) is 19.1 Å². The molecule has 1 rings (SSSR count). The summed E-state index contributed by atoms with van der Waals surface area (Å²) in [5.74, 6) is 0. The summed E-state index contributed by atoms with van der Waals surface area (Å²) in [5.41, 5.74) is 2.50. The third kappa shape index (κ3) is 2.46. The van der Waals surface area contributed by atoms with Gasteiger partial charge >= 0.3 is 0 Å². The van der Waals surface area contributed by atoms with Crippen molar-refractivity contribution < 1.29 is 5.11 Å². The highest BCUT2D eigenvalue weighted by atomic mass is 16.3. The second kappa shape index (κ2) is 4.48. The third-order valence-electron chi connectivity index (χ3n) is 1.72. The molecule has 68 valence electrons. The van der Waals surface area contributed by atoms with Crippen molar-refractivity contribution in [3.63, 3.8) is 0 Å². The van der Waals surface area contributed by atoms with Crippen LogP contribution in [0.1, 0.15) is 11.1 Å². The first kappa shape index (κ1) is 9.56. The Balaban J connectivity index is 2.89. The van der Waals surface area contributed by atoms with Gasteiger partial charge in [-0.2, -0.15) is 5.26 Å². The summed E-state index contributed by atoms with van der Waals surface area (Å²) in [5, 5.41) is 20.4. The quantitative estimate of drug-likeness (QED) is 0.729. The lowest BCUT2D eigenvalue weighted by Crippen LogP contribution is -2.06. The molecule has 0 heterocycles. The highest BCUT2D eigenvalue weighted by Gasteiger charge is 1.99. The van der Waals surface area contributed by atoms with Gasteiger partial charge in [0.1, 0.15) is 6.07 Å². The number of rotatable bonds is 3. The summed E-state index contributed by atoms with van der Waals surface area (Å²) in [6.45, 7) is 2.50. The molecular weight excluding hydrogens is 164 g/mol. The standard InChI is InChI=1S/C10H12N2O/c1-8-2-3-9(7-11)10(6-8)12-4-5-13/h2-3,6,12-13H,4-5H2,1H3. The van der Waals surface area contributed by atoms with Crippen LogP contribution >= 0.6 is 0 Å². The Labute approximate surface area is 77.6 Å². The normalized spacial score (nSPS) is 9.31. The molecule has 0 unspecified atom stereocenters. The Hall–Kier alpha value is -1.53. The van der Waals surface area contributed by atoms with E-state index in [-0.39, 0.29) is 6.61 Å². The van der Waals surface area contributed by atoms with E-state index in [9.17, 15) is 0 Å². The second-order valence-electron chi connectivity index (χ2n) is 2.81. The van der Waals surface area contributed by atoms with E-state index in [0.717, 1.165) is 11.3 Å². The minimum absolute atomic E-state index is 0.0683. The van der Waals surface area contributed by atoms with Gasteiger partial charge in [0.25, 0.3) is 0 Å². The molecule has 0 aliphatic carbocycles. The maximum absolute atomic E-state index is 8.76. The molecule has 0 aliphatic rings. The van der Waals surface area contributed by atoms with E-state index in [1.54, 1.807) is 6.07 Å². The molecule has 0 saturated carbocycles. The summed E-state index contributed by atoms with van der Waals surface area (Å²) in [4.78, 5) is 0. The zero-order chi connectivity index (χ0) is 9.68. The molecule has 3 heteroatoms. The Bertz CT molecular complexity index is 328. The second-order valence-corrected chi connectivity index (χ2v) is 2.81. The zero-order valence-corrected chi connectivity index (χ0v) is 7.54. The molecule has 0 radical (unpaired) electrons. The SMILES string of the molecule is Cc1ccc(C#N)c(NCCO)c1. The molecule has 13 heavy (non-hydrogen) atoms. The van der Waals surface area contributed by atoms with Crippen LogP contribution in [0.2, 0.25) is 0 Å². The molecule has 0 bridgehead atoms. The number of aliphatic hydroxyl groups excluding tert-OH is 1. The van der Waals surface area contributed by atoms with Crippen molar-refractivity contribution in [2.24, 2.45) is 0 Å². The molecule has 0 saturated heterocycles. The lowest BCUT2D eigenvalue weighted by molar-refractivity contribution is 0.311. The number of hydrogen-bond acceptors (Lipinski definition) is 3. The molecule has 0 amide bonds. The maximum atomic E-state index is 8.76. The number of nitriles is 1. The Kier molecular flexibility index (Phi) is 3.30. The molecule has 2 N–H and O–H groups in total. The highest BCUT2D eigenvalue weighted by Crippen LogP contribution is 2.15. The smallest absolute Gasteiger partial charge is 0.101 e. The Morgan fingerprint density at radius 3 is 2.92 bits per heavy atom. The van der Waals surface area contributed by atoms with Crippen molar-refractivity contribution in [2.45, 2.75) is 6.92 Å². The number of aryl methyl sites for hydroxylation is 1. The van der Waals surface area contributed by atoms with Gasteiger partial charge in [-0.15, -0.1) is 0 Å². The van der Waals surface area contributed by atoms with Gasteiger partial charge in [0.15, 0.2) is 0 Å². The molecular formula is C10H12N2O. The minimum atomic E-state index is 0.0683. The van der Waals surface area contributed by atoms with E-state index < -0.39 is 0 Å². The first-order valence-electron chi connectivity index (χ1n) is 4.13. The van der Waals surface area contributed by atoms with Crippen LogP contribution in [0, 0.1) is 18.3 Å². The molecule has 3 nitrogen and oxygen atoms in total. The summed E-state index contributed by atoms with van der Waals surface area (Å²) < 4.78 is 0. The van der Waals surface area contributed by atoms with Gasteiger partial charge in [-0.05, 0) is 24.6 Å². The molecule has 1 aromatic rings. The fourth-order valence-electron chi connectivity index (χ4n) is 1.09. The summed E-state index contributed by atoms with van der Waals surface area (Å²) in [7, 11) is 0. The number of nitrogens with zero attached hydrogens (tertiary/aromatic N) is 1. The van der Waals surface area contributed by atoms with Crippen molar-refractivity contribution in [1.29, 1.82) is 5.26 Å². The highest BCUT2D eigenvalue weighted by molar-refractivity contribution is 5.58. The van der Waals surface area contributed by atoms with Gasteiger partial charge in [0.2, 0.25) is 0 Å². The minimum Gasteiger partial charge on any atom is -0.395 e. The number of anilines is 1. The van der Waals surface area contributed by atoms with E-state index in [4.69, 9.17) is 10.4 Å². The first-order valence-corrected chi connectivity index (χ1v) is 4.13. The van der Waals surface area contributed by atoms with Gasteiger partial charge in [-0.25, -0.2) is 0 Å². The third-order valence-corrected chi connectivity index (χ3v) is 1.72. The van der Waals surface area contributed by atoms with Crippen LogP contribution in [-0.4, -0.2) is 18.3 Å². The van der Waals surface area contributed by atoms with Crippen molar-refractivity contribution in [3.8, 4) is 6.07 Å². The lowest BCUT2D eigenvalue weighted by atomic mass is 10.1. The van der Waals surface area contributed by atoms with Crippen LogP contribution in [-0.2, 0) is 0 Å². The first-order chi connectivity index (χ1) is 6.27. The van der Waals surface area contributed by atoms with Crippen LogP contribution in [0.5, 0.6) is 0 Å². The van der Waals surface area contributed by atoms with E-state index in [1.165, 1.54) is 0 Å². The average Bonchev–Trinajstić information content (AvgIpc) is 2.15. The molecule has 0 fully saturated rings. The van der Waals surface area contributed by atoms with Crippen molar-refractivity contribution in [2.75, 3.05) is 18.5 Å². The van der Waals surface area contributed by atoms with Gasteiger partial charge < -0.3 is 10.4 Å². The van der Waals surface area contributed by atoms with Gasteiger partial charge in [-0.1, -0.05) is 6.07 Å². The Morgan fingerprint density at radius 1 is 1.54 bits per heavy atom. The molecule has 0 aromatic heterocycles. The Morgan fingerprint density at radius 2 is 2.31 bits per heavy atom.